The fraction of sp³-hybridized carbons (Fsp3) is 0.682. The third-order valence-corrected chi connectivity index (χ3v) is 5.24. The molecule has 1 aromatic rings. The third-order valence-electron chi connectivity index (χ3n) is 5.24. The van der Waals surface area contributed by atoms with Gasteiger partial charge in [-0.1, -0.05) is 39.0 Å². The number of nitrogens with one attached hydrogen (secondary N) is 1. The maximum Gasteiger partial charge on any atom is 0.253 e. The first kappa shape index (κ1) is 21.5. The Hall–Kier alpha value is -1.75. The van der Waals surface area contributed by atoms with Gasteiger partial charge in [-0.2, -0.15) is 0 Å². The summed E-state index contributed by atoms with van der Waals surface area (Å²) in [6.07, 6.45) is 7.06. The van der Waals surface area contributed by atoms with Crippen molar-refractivity contribution in [2.75, 3.05) is 19.5 Å². The monoisotopic (exact) mass is 377 g/mol. The summed E-state index contributed by atoms with van der Waals surface area (Å²) in [7, 11) is 3.19. The molecule has 0 heterocycles. The van der Waals surface area contributed by atoms with Crippen LogP contribution in [-0.2, 0) is 9.53 Å². The zero-order chi connectivity index (χ0) is 19.8. The predicted molar refractivity (Wildman–Crippen MR) is 109 cm³/mol. The van der Waals surface area contributed by atoms with Crippen LogP contribution in [0.4, 0.5) is 5.69 Å². The lowest BCUT2D eigenvalue weighted by molar-refractivity contribution is -0.134. The maximum atomic E-state index is 13.0. The van der Waals surface area contributed by atoms with Gasteiger partial charge in [-0.05, 0) is 32.1 Å². The number of benzene rings is 1. The molecular weight excluding hydrogens is 342 g/mol. The maximum absolute atomic E-state index is 13.0. The Labute approximate surface area is 163 Å². The van der Waals surface area contributed by atoms with E-state index in [2.05, 4.69) is 12.2 Å². The molecule has 2 rings (SSSR count). The van der Waals surface area contributed by atoms with Gasteiger partial charge in [-0.25, -0.2) is 0 Å². The molecule has 1 N–H and O–H groups in total. The topological polar surface area (TPSA) is 56.8 Å². The van der Waals surface area contributed by atoms with E-state index < -0.39 is 6.10 Å². The predicted octanol–water partition coefficient (Wildman–Crippen LogP) is 5.04. The van der Waals surface area contributed by atoms with Crippen LogP contribution in [0.5, 0.6) is 11.5 Å². The van der Waals surface area contributed by atoms with Gasteiger partial charge in [0.25, 0.3) is 5.91 Å². The molecule has 2 atom stereocenters. The Morgan fingerprint density at radius 2 is 1.63 bits per heavy atom. The minimum atomic E-state index is -0.468. The average molecular weight is 378 g/mol. The molecule has 0 aromatic heterocycles. The van der Waals surface area contributed by atoms with Gasteiger partial charge in [0.1, 0.15) is 17.6 Å². The molecule has 1 aliphatic carbocycles. The van der Waals surface area contributed by atoms with Crippen LogP contribution in [0, 0.1) is 11.8 Å². The van der Waals surface area contributed by atoms with Crippen LogP contribution in [-0.4, -0.2) is 32.3 Å². The van der Waals surface area contributed by atoms with Crippen LogP contribution in [0.1, 0.15) is 59.3 Å². The first-order valence-electron chi connectivity index (χ1n) is 10.1. The average Bonchev–Trinajstić information content (AvgIpc) is 2.66. The number of methoxy groups -OCH3 is 2. The molecule has 0 saturated heterocycles. The van der Waals surface area contributed by atoms with E-state index in [4.69, 9.17) is 14.2 Å². The molecule has 1 unspecified atom stereocenters. The first-order chi connectivity index (χ1) is 12.9. The summed E-state index contributed by atoms with van der Waals surface area (Å²) in [6.45, 7) is 6.08. The largest absolute Gasteiger partial charge is 0.497 e. The number of rotatable bonds is 9. The molecule has 0 radical (unpaired) electrons. The van der Waals surface area contributed by atoms with Crippen molar-refractivity contribution < 1.29 is 19.0 Å². The molecule has 152 valence electrons. The second-order valence-corrected chi connectivity index (χ2v) is 7.91. The molecule has 0 aliphatic heterocycles. The highest BCUT2D eigenvalue weighted by Crippen LogP contribution is 2.32. The van der Waals surface area contributed by atoms with Crippen LogP contribution < -0.4 is 14.8 Å². The Morgan fingerprint density at radius 1 is 1.04 bits per heavy atom. The van der Waals surface area contributed by atoms with Crippen molar-refractivity contribution >= 4 is 11.6 Å². The van der Waals surface area contributed by atoms with Crippen molar-refractivity contribution in [1.29, 1.82) is 0 Å². The lowest BCUT2D eigenvalue weighted by atomic mass is 9.81. The SMILES string of the molecule is COc1cc(NC(=O)C(OC(C)C)[C@H](C)CC2CCCCC2)cc(OC)c1. The lowest BCUT2D eigenvalue weighted by Gasteiger charge is -2.30. The second kappa shape index (κ2) is 10.5. The Morgan fingerprint density at radius 3 is 2.15 bits per heavy atom. The highest BCUT2D eigenvalue weighted by atomic mass is 16.5. The minimum Gasteiger partial charge on any atom is -0.497 e. The summed E-state index contributed by atoms with van der Waals surface area (Å²) in [6, 6.07) is 5.36. The zero-order valence-electron chi connectivity index (χ0n) is 17.4. The van der Waals surface area contributed by atoms with Crippen molar-refractivity contribution in [1.82, 2.24) is 0 Å². The van der Waals surface area contributed by atoms with E-state index in [1.165, 1.54) is 32.1 Å². The molecular formula is C22H35NO4. The van der Waals surface area contributed by atoms with E-state index in [0.29, 0.717) is 23.1 Å². The van der Waals surface area contributed by atoms with Crippen molar-refractivity contribution in [2.24, 2.45) is 11.8 Å². The molecule has 5 heteroatoms. The summed E-state index contributed by atoms with van der Waals surface area (Å²) in [5.41, 5.74) is 0.651. The van der Waals surface area contributed by atoms with Crippen LogP contribution in [0.25, 0.3) is 0 Å². The van der Waals surface area contributed by atoms with E-state index >= 15 is 0 Å². The quantitative estimate of drug-likeness (QED) is 0.655. The van der Waals surface area contributed by atoms with Crippen LogP contribution in [0.2, 0.25) is 0 Å². The van der Waals surface area contributed by atoms with Crippen molar-refractivity contribution in [3.05, 3.63) is 18.2 Å². The number of ether oxygens (including phenoxy) is 3. The summed E-state index contributed by atoms with van der Waals surface area (Å²) >= 11 is 0. The van der Waals surface area contributed by atoms with E-state index in [1.807, 2.05) is 13.8 Å². The number of hydrogen-bond acceptors (Lipinski definition) is 4. The lowest BCUT2D eigenvalue weighted by Crippen LogP contribution is -2.38. The second-order valence-electron chi connectivity index (χ2n) is 7.91. The molecule has 1 aromatic carbocycles. The molecule has 27 heavy (non-hydrogen) atoms. The zero-order valence-corrected chi connectivity index (χ0v) is 17.4. The number of carbonyl (C=O) groups is 1. The van der Waals surface area contributed by atoms with E-state index in [1.54, 1.807) is 32.4 Å². The van der Waals surface area contributed by atoms with E-state index in [-0.39, 0.29) is 17.9 Å². The molecule has 1 amide bonds. The minimum absolute atomic E-state index is 0.00518. The first-order valence-corrected chi connectivity index (χ1v) is 10.1. The number of hydrogen-bond donors (Lipinski definition) is 1. The number of anilines is 1. The summed E-state index contributed by atoms with van der Waals surface area (Å²) < 4.78 is 16.6. The molecule has 1 saturated carbocycles. The standard InChI is InChI=1S/C22H35NO4/c1-15(2)27-21(16(3)11-17-9-7-6-8-10-17)22(24)23-18-12-19(25-4)14-20(13-18)26-5/h12-17,21H,6-11H2,1-5H3,(H,23,24)/t16-,21?/m1/s1. The van der Waals surface area contributed by atoms with Crippen LogP contribution >= 0.6 is 0 Å². The third kappa shape index (κ3) is 6.73. The number of carbonyl (C=O) groups excluding carboxylic acids is 1. The van der Waals surface area contributed by atoms with Gasteiger partial charge in [-0.15, -0.1) is 0 Å². The fourth-order valence-electron chi connectivity index (χ4n) is 3.91. The highest BCUT2D eigenvalue weighted by molar-refractivity contribution is 5.94. The van der Waals surface area contributed by atoms with Crippen molar-refractivity contribution in [2.45, 2.75) is 71.5 Å². The Balaban J connectivity index is 2.09. The normalized spacial score (nSPS) is 17.4. The van der Waals surface area contributed by atoms with Gasteiger partial charge in [-0.3, -0.25) is 4.79 Å². The Kier molecular flexibility index (Phi) is 8.42. The molecule has 0 bridgehead atoms. The van der Waals surface area contributed by atoms with Gasteiger partial charge in [0.15, 0.2) is 0 Å². The fourth-order valence-corrected chi connectivity index (χ4v) is 3.91. The molecule has 1 aliphatic rings. The van der Waals surface area contributed by atoms with Gasteiger partial charge in [0.05, 0.1) is 20.3 Å². The van der Waals surface area contributed by atoms with Gasteiger partial charge < -0.3 is 19.5 Å². The van der Waals surface area contributed by atoms with Gasteiger partial charge in [0, 0.05) is 23.9 Å². The van der Waals surface area contributed by atoms with Gasteiger partial charge >= 0.3 is 0 Å². The van der Waals surface area contributed by atoms with Crippen LogP contribution in [0.3, 0.4) is 0 Å². The van der Waals surface area contributed by atoms with E-state index in [9.17, 15) is 4.79 Å². The smallest absolute Gasteiger partial charge is 0.253 e. The van der Waals surface area contributed by atoms with Crippen molar-refractivity contribution in [3.8, 4) is 11.5 Å². The molecule has 0 spiro atoms. The molecule has 5 nitrogen and oxygen atoms in total. The summed E-state index contributed by atoms with van der Waals surface area (Å²) in [5, 5.41) is 2.99. The molecule has 1 fully saturated rings. The Bertz CT molecular complexity index is 574. The van der Waals surface area contributed by atoms with Crippen LogP contribution in [0.15, 0.2) is 18.2 Å². The summed E-state index contributed by atoms with van der Waals surface area (Å²) in [4.78, 5) is 13.0. The van der Waals surface area contributed by atoms with Crippen molar-refractivity contribution in [3.63, 3.8) is 0 Å². The number of amides is 1. The van der Waals surface area contributed by atoms with E-state index in [0.717, 1.165) is 6.42 Å². The highest BCUT2D eigenvalue weighted by Gasteiger charge is 2.29. The summed E-state index contributed by atoms with van der Waals surface area (Å²) in [5.74, 6) is 2.05. The van der Waals surface area contributed by atoms with Gasteiger partial charge in [0.2, 0.25) is 0 Å².